The summed E-state index contributed by atoms with van der Waals surface area (Å²) in [6.45, 7) is 1.99. The second-order valence-electron chi connectivity index (χ2n) is 7.86. The van der Waals surface area contributed by atoms with E-state index in [1.54, 1.807) is 0 Å². The van der Waals surface area contributed by atoms with Crippen LogP contribution in [0.5, 0.6) is 0 Å². The molecule has 30 heavy (non-hydrogen) atoms. The summed E-state index contributed by atoms with van der Waals surface area (Å²) in [5.74, 6) is -0.411. The smallest absolute Gasteiger partial charge is 0.263 e. The van der Waals surface area contributed by atoms with Gasteiger partial charge >= 0.3 is 0 Å². The van der Waals surface area contributed by atoms with Gasteiger partial charge < -0.3 is 20.1 Å². The number of hydrogen-bond donors (Lipinski definition) is 2. The van der Waals surface area contributed by atoms with Gasteiger partial charge in [0, 0.05) is 37.0 Å². The third-order valence-corrected chi connectivity index (χ3v) is 6.89. The van der Waals surface area contributed by atoms with Gasteiger partial charge in [0.05, 0.1) is 24.4 Å². The van der Waals surface area contributed by atoms with Crippen molar-refractivity contribution in [1.82, 2.24) is 10.3 Å². The zero-order valence-corrected chi connectivity index (χ0v) is 17.5. The second kappa shape index (κ2) is 8.34. The normalized spacial score (nSPS) is 18.7. The highest BCUT2D eigenvalue weighted by molar-refractivity contribution is 7.12. The zero-order chi connectivity index (χ0) is 20.4. The fourth-order valence-corrected chi connectivity index (χ4v) is 5.14. The van der Waals surface area contributed by atoms with E-state index in [1.165, 1.54) is 11.3 Å². The first kappa shape index (κ1) is 19.5. The topological polar surface area (TPSA) is 72.5 Å². The number of rotatable bonds is 5. The van der Waals surface area contributed by atoms with Crippen molar-refractivity contribution >= 4 is 33.8 Å². The zero-order valence-electron chi connectivity index (χ0n) is 16.7. The van der Waals surface area contributed by atoms with Gasteiger partial charge in [0.25, 0.3) is 5.91 Å². The Morgan fingerprint density at radius 1 is 1.13 bits per heavy atom. The Morgan fingerprint density at radius 3 is 2.77 bits per heavy atom. The minimum absolute atomic E-state index is 0.0127. The molecule has 0 atom stereocenters. The summed E-state index contributed by atoms with van der Waals surface area (Å²) < 4.78 is 11.6. The van der Waals surface area contributed by atoms with Crippen LogP contribution >= 0.6 is 11.3 Å². The molecule has 6 nitrogen and oxygen atoms in total. The Bertz CT molecular complexity index is 1030. The number of para-hydroxylation sites is 1. The molecule has 156 valence electrons. The number of pyridine rings is 1. The quantitative estimate of drug-likeness (QED) is 0.639. The highest BCUT2D eigenvalue weighted by Crippen LogP contribution is 2.36. The van der Waals surface area contributed by atoms with Crippen LogP contribution < -0.4 is 10.6 Å². The lowest BCUT2D eigenvalue weighted by Crippen LogP contribution is -2.43. The van der Waals surface area contributed by atoms with Crippen LogP contribution in [0.1, 0.15) is 40.9 Å². The number of amides is 1. The largest absolute Gasteiger partial charge is 0.380 e. The number of ether oxygens (including phenoxy) is 2. The molecule has 1 spiro atoms. The van der Waals surface area contributed by atoms with Crippen molar-refractivity contribution in [2.24, 2.45) is 0 Å². The third kappa shape index (κ3) is 3.93. The average Bonchev–Trinajstić information content (AvgIpc) is 3.44. The van der Waals surface area contributed by atoms with Gasteiger partial charge in [0.1, 0.15) is 4.88 Å². The minimum atomic E-state index is -0.399. The second-order valence-corrected chi connectivity index (χ2v) is 8.78. The van der Waals surface area contributed by atoms with Crippen LogP contribution in [0.15, 0.2) is 48.0 Å². The number of carbonyl (C=O) groups excluding carboxylic acids is 1. The molecule has 7 heteroatoms. The molecule has 0 bridgehead atoms. The molecule has 0 radical (unpaired) electrons. The molecule has 0 unspecified atom stereocenters. The Morgan fingerprint density at radius 2 is 1.93 bits per heavy atom. The molecule has 1 amide bonds. The maximum Gasteiger partial charge on any atom is 0.263 e. The van der Waals surface area contributed by atoms with Crippen molar-refractivity contribution in [1.29, 1.82) is 0 Å². The first-order chi connectivity index (χ1) is 14.7. The molecule has 1 saturated carbocycles. The first-order valence-corrected chi connectivity index (χ1v) is 11.3. The fourth-order valence-electron chi connectivity index (χ4n) is 4.36. The number of nitrogens with zero attached hydrogens (tertiary/aromatic N) is 1. The van der Waals surface area contributed by atoms with Crippen molar-refractivity contribution in [2.45, 2.75) is 44.1 Å². The lowest BCUT2D eigenvalue weighted by atomic mass is 9.90. The average molecular weight is 424 g/mol. The van der Waals surface area contributed by atoms with E-state index in [0.29, 0.717) is 19.8 Å². The summed E-state index contributed by atoms with van der Waals surface area (Å²) in [5, 5.41) is 9.73. The molecular formula is C23H25N3O3S. The van der Waals surface area contributed by atoms with E-state index in [2.05, 4.69) is 21.7 Å². The number of hydrogen-bond acceptors (Lipinski definition) is 6. The van der Waals surface area contributed by atoms with Gasteiger partial charge in [-0.1, -0.05) is 18.2 Å². The highest BCUT2D eigenvalue weighted by Gasteiger charge is 2.40. The molecule has 1 aromatic carbocycles. The molecule has 2 aliphatic rings. The van der Waals surface area contributed by atoms with Gasteiger partial charge in [0.2, 0.25) is 0 Å². The first-order valence-electron chi connectivity index (χ1n) is 10.5. The van der Waals surface area contributed by atoms with E-state index in [9.17, 15) is 4.79 Å². The maximum absolute atomic E-state index is 12.9. The number of benzene rings is 1. The number of nitrogens with one attached hydrogen (secondary N) is 2. The molecule has 2 N–H and O–H groups in total. The Kier molecular flexibility index (Phi) is 5.41. The van der Waals surface area contributed by atoms with Gasteiger partial charge in [-0.2, -0.15) is 0 Å². The van der Waals surface area contributed by atoms with Crippen LogP contribution in [-0.4, -0.2) is 35.9 Å². The minimum Gasteiger partial charge on any atom is -0.380 e. The standard InChI is InChI=1S/C23H25N3O3S/c27-22(26-17-5-9-23(10-6-17)28-12-13-29-23)21-20(8-14-30-21)25-15-16-7-11-24-19-4-2-1-3-18(16)19/h1-4,7-8,11,14,17,25H,5-6,9-10,12-13,15H2,(H,26,27). The molecule has 5 rings (SSSR count). The van der Waals surface area contributed by atoms with Crippen LogP contribution in [0.2, 0.25) is 0 Å². The van der Waals surface area contributed by atoms with Crippen molar-refractivity contribution in [2.75, 3.05) is 18.5 Å². The molecule has 3 heterocycles. The van der Waals surface area contributed by atoms with Gasteiger partial charge in [0.15, 0.2) is 5.79 Å². The van der Waals surface area contributed by atoms with Crippen molar-refractivity contribution in [3.63, 3.8) is 0 Å². The van der Waals surface area contributed by atoms with Crippen LogP contribution in [0.3, 0.4) is 0 Å². The number of fused-ring (bicyclic) bond motifs is 1. The van der Waals surface area contributed by atoms with Crippen LogP contribution in [0.25, 0.3) is 10.9 Å². The van der Waals surface area contributed by atoms with Gasteiger partial charge in [-0.3, -0.25) is 9.78 Å². The third-order valence-electron chi connectivity index (χ3n) is 5.98. The number of thiophene rings is 1. The lowest BCUT2D eigenvalue weighted by Gasteiger charge is -2.35. The van der Waals surface area contributed by atoms with Crippen LogP contribution in [0.4, 0.5) is 5.69 Å². The monoisotopic (exact) mass is 423 g/mol. The van der Waals surface area contributed by atoms with E-state index in [-0.39, 0.29) is 11.9 Å². The Labute approximate surface area is 179 Å². The molecule has 2 aromatic heterocycles. The van der Waals surface area contributed by atoms with E-state index in [1.807, 2.05) is 41.9 Å². The van der Waals surface area contributed by atoms with Crippen LogP contribution in [0, 0.1) is 0 Å². The molecule has 3 aromatic rings. The summed E-state index contributed by atoms with van der Waals surface area (Å²) in [6, 6.07) is 12.3. The Balaban J connectivity index is 1.22. The molecule has 1 aliphatic heterocycles. The number of aromatic nitrogens is 1. The van der Waals surface area contributed by atoms with E-state index >= 15 is 0 Å². The van der Waals surface area contributed by atoms with Crippen molar-refractivity contribution < 1.29 is 14.3 Å². The van der Waals surface area contributed by atoms with E-state index in [0.717, 1.165) is 52.7 Å². The fraction of sp³-hybridized carbons (Fsp3) is 0.391. The summed E-state index contributed by atoms with van der Waals surface area (Å²) in [6.07, 6.45) is 5.26. The Hall–Kier alpha value is -2.48. The van der Waals surface area contributed by atoms with Gasteiger partial charge in [-0.05, 0) is 42.0 Å². The predicted molar refractivity (Wildman–Crippen MR) is 118 cm³/mol. The van der Waals surface area contributed by atoms with Gasteiger partial charge in [-0.25, -0.2) is 0 Å². The van der Waals surface area contributed by atoms with Crippen molar-refractivity contribution in [3.05, 3.63) is 58.4 Å². The highest BCUT2D eigenvalue weighted by atomic mass is 32.1. The summed E-state index contributed by atoms with van der Waals surface area (Å²) in [7, 11) is 0. The molecule has 1 aliphatic carbocycles. The summed E-state index contributed by atoms with van der Waals surface area (Å²) in [4.78, 5) is 18.1. The maximum atomic E-state index is 12.9. The summed E-state index contributed by atoms with van der Waals surface area (Å²) >= 11 is 1.47. The summed E-state index contributed by atoms with van der Waals surface area (Å²) in [5.41, 5.74) is 3.01. The molecule has 1 saturated heterocycles. The van der Waals surface area contributed by atoms with Crippen molar-refractivity contribution in [3.8, 4) is 0 Å². The molecular weight excluding hydrogens is 398 g/mol. The number of anilines is 1. The lowest BCUT2D eigenvalue weighted by molar-refractivity contribution is -0.179. The SMILES string of the molecule is O=C(NC1CCC2(CC1)OCCO2)c1sccc1NCc1ccnc2ccccc12. The number of carbonyl (C=O) groups is 1. The van der Waals surface area contributed by atoms with E-state index < -0.39 is 5.79 Å². The predicted octanol–water partition coefficient (Wildman–Crippen LogP) is 4.32. The van der Waals surface area contributed by atoms with Crippen LogP contribution in [-0.2, 0) is 16.0 Å². The van der Waals surface area contributed by atoms with E-state index in [4.69, 9.17) is 9.47 Å². The van der Waals surface area contributed by atoms with Gasteiger partial charge in [-0.15, -0.1) is 11.3 Å². The molecule has 2 fully saturated rings.